The fourth-order valence-electron chi connectivity index (χ4n) is 5.94. The van der Waals surface area contributed by atoms with E-state index in [-0.39, 0.29) is 41.1 Å². The molecular weight excluding hydrogens is 514 g/mol. The number of hydrogen-bond acceptors (Lipinski definition) is 8. The number of likely N-dealkylation sites (tertiary alicyclic amines) is 1. The van der Waals surface area contributed by atoms with Crippen molar-refractivity contribution in [2.24, 2.45) is 11.8 Å². The number of fused-ring (bicyclic) bond motifs is 1. The highest BCUT2D eigenvalue weighted by Gasteiger charge is 2.76. The van der Waals surface area contributed by atoms with Crippen molar-refractivity contribution < 1.29 is 29.0 Å². The van der Waals surface area contributed by atoms with Gasteiger partial charge in [0.05, 0.1) is 49.1 Å². The number of halogens is 1. The highest BCUT2D eigenvalue weighted by Crippen LogP contribution is 2.68. The van der Waals surface area contributed by atoms with Gasteiger partial charge in [-0.05, 0) is 19.8 Å². The van der Waals surface area contributed by atoms with Gasteiger partial charge in [-0.2, -0.15) is 0 Å². The summed E-state index contributed by atoms with van der Waals surface area (Å²) >= 11 is 5.31. The number of carbonyl (C=O) groups is 3. The van der Waals surface area contributed by atoms with Gasteiger partial charge in [-0.3, -0.25) is 19.3 Å². The van der Waals surface area contributed by atoms with E-state index in [0.717, 1.165) is 13.1 Å². The van der Waals surface area contributed by atoms with E-state index in [0.29, 0.717) is 39.1 Å². The van der Waals surface area contributed by atoms with Crippen molar-refractivity contribution in [1.29, 1.82) is 0 Å². The highest BCUT2D eigenvalue weighted by atomic mass is 79.9. The number of aliphatic hydroxyl groups is 1. The van der Waals surface area contributed by atoms with Gasteiger partial charge >= 0.3 is 5.97 Å². The Labute approximate surface area is 207 Å². The van der Waals surface area contributed by atoms with Gasteiger partial charge in [0.1, 0.15) is 6.04 Å². The third-order valence-corrected chi connectivity index (χ3v) is 10.7. The molecule has 4 aliphatic heterocycles. The van der Waals surface area contributed by atoms with Crippen molar-refractivity contribution in [3.05, 3.63) is 0 Å². The zero-order valence-electron chi connectivity index (χ0n) is 19.2. The Morgan fingerprint density at radius 2 is 2.09 bits per heavy atom. The van der Waals surface area contributed by atoms with Crippen molar-refractivity contribution in [1.82, 2.24) is 15.1 Å². The molecule has 0 aromatic heterocycles. The average molecular weight is 549 g/mol. The lowest BCUT2D eigenvalue weighted by atomic mass is 9.71. The average Bonchev–Trinajstić information content (AvgIpc) is 3.39. The number of nitrogens with zero attached hydrogens (tertiary/aromatic N) is 2. The highest BCUT2D eigenvalue weighted by molar-refractivity contribution is 9.09. The van der Waals surface area contributed by atoms with Crippen LogP contribution in [0.25, 0.3) is 0 Å². The fourth-order valence-corrected chi connectivity index (χ4v) is 9.53. The molecule has 2 bridgehead atoms. The number of hydrogen-bond donors (Lipinski definition) is 2. The van der Waals surface area contributed by atoms with E-state index in [1.54, 1.807) is 23.6 Å². The SMILES string of the molecule is CCOC(=O)[C@H]1[C@H]2C(=O)N([C@@H](CC)CO)C(C(=O)NCCN3CCOCC3)C23CC(Br)[C@@H]1S3. The van der Waals surface area contributed by atoms with E-state index in [1.807, 2.05) is 6.92 Å². The Morgan fingerprint density at radius 3 is 2.73 bits per heavy atom. The second-order valence-electron chi connectivity index (χ2n) is 9.15. The minimum Gasteiger partial charge on any atom is -0.466 e. The molecule has 4 saturated heterocycles. The van der Waals surface area contributed by atoms with Gasteiger partial charge in [0.25, 0.3) is 0 Å². The van der Waals surface area contributed by atoms with Crippen LogP contribution < -0.4 is 5.32 Å². The maximum Gasteiger partial charge on any atom is 0.310 e. The van der Waals surface area contributed by atoms with Crippen LogP contribution in [0.4, 0.5) is 0 Å². The number of alkyl halides is 1. The molecule has 0 saturated carbocycles. The van der Waals surface area contributed by atoms with E-state index in [9.17, 15) is 19.5 Å². The predicted molar refractivity (Wildman–Crippen MR) is 127 cm³/mol. The second kappa shape index (κ2) is 10.4. The number of amides is 2. The topological polar surface area (TPSA) is 108 Å². The molecule has 0 aromatic carbocycles. The first-order valence-corrected chi connectivity index (χ1v) is 13.7. The summed E-state index contributed by atoms with van der Waals surface area (Å²) in [6.07, 6.45) is 1.15. The monoisotopic (exact) mass is 547 g/mol. The molecule has 9 nitrogen and oxygen atoms in total. The van der Waals surface area contributed by atoms with E-state index in [2.05, 4.69) is 26.1 Å². The smallest absolute Gasteiger partial charge is 0.310 e. The minimum absolute atomic E-state index is 0.0127. The largest absolute Gasteiger partial charge is 0.466 e. The van der Waals surface area contributed by atoms with Gasteiger partial charge in [-0.1, -0.05) is 22.9 Å². The minimum atomic E-state index is -0.730. The Kier molecular flexibility index (Phi) is 7.94. The number of thioether (sulfide) groups is 1. The number of ether oxygens (including phenoxy) is 2. The molecule has 4 aliphatic rings. The van der Waals surface area contributed by atoms with Crippen LogP contribution >= 0.6 is 27.7 Å². The van der Waals surface area contributed by atoms with Crippen LogP contribution in [-0.4, -0.2) is 112 Å². The van der Waals surface area contributed by atoms with E-state index in [4.69, 9.17) is 9.47 Å². The molecule has 186 valence electrons. The summed E-state index contributed by atoms with van der Waals surface area (Å²) in [5.41, 5.74) is 0. The predicted octanol–water partition coefficient (Wildman–Crippen LogP) is 0.233. The molecule has 1 spiro atoms. The van der Waals surface area contributed by atoms with Crippen molar-refractivity contribution >= 4 is 45.5 Å². The fraction of sp³-hybridized carbons (Fsp3) is 0.864. The van der Waals surface area contributed by atoms with E-state index >= 15 is 0 Å². The van der Waals surface area contributed by atoms with E-state index < -0.39 is 28.7 Å². The molecule has 11 heteroatoms. The summed E-state index contributed by atoms with van der Waals surface area (Å²) in [5.74, 6) is -1.99. The third kappa shape index (κ3) is 4.32. The Balaban J connectivity index is 1.59. The lowest BCUT2D eigenvalue weighted by molar-refractivity contribution is -0.154. The van der Waals surface area contributed by atoms with Crippen LogP contribution in [0.2, 0.25) is 0 Å². The maximum absolute atomic E-state index is 13.8. The molecule has 4 rings (SSSR count). The number of carbonyl (C=O) groups excluding carboxylic acids is 3. The summed E-state index contributed by atoms with van der Waals surface area (Å²) in [4.78, 5) is 44.2. The van der Waals surface area contributed by atoms with Gasteiger partial charge in [0.15, 0.2) is 0 Å². The lowest BCUT2D eigenvalue weighted by Gasteiger charge is -2.37. The third-order valence-electron chi connectivity index (χ3n) is 7.44. The van der Waals surface area contributed by atoms with Gasteiger partial charge in [0, 0.05) is 36.3 Å². The maximum atomic E-state index is 13.8. The number of esters is 1. The standard InChI is InChI=1S/C22H34BrN3O6S/c1-3-13(12-27)26-18(19(28)24-5-6-25-7-9-31-10-8-25)22-11-14(23)17(33-22)15(16(22)20(26)29)21(30)32-4-2/h13-18,27H,3-12H2,1-2H3,(H,24,28)/t13-,14?,15-,16-,17-,18?,22?/m0/s1. The van der Waals surface area contributed by atoms with Crippen LogP contribution in [0.15, 0.2) is 0 Å². The molecule has 7 atom stereocenters. The first-order chi connectivity index (χ1) is 15.9. The summed E-state index contributed by atoms with van der Waals surface area (Å²) in [6, 6.07) is -1.20. The molecule has 4 fully saturated rings. The normalized spacial score (nSPS) is 36.7. The van der Waals surface area contributed by atoms with Crippen LogP contribution in [0.1, 0.15) is 26.7 Å². The summed E-state index contributed by atoms with van der Waals surface area (Å²) in [6.45, 7) is 7.92. The van der Waals surface area contributed by atoms with Crippen LogP contribution in [0.5, 0.6) is 0 Å². The molecular formula is C22H34BrN3O6S. The van der Waals surface area contributed by atoms with Crippen molar-refractivity contribution in [2.75, 3.05) is 52.6 Å². The lowest BCUT2D eigenvalue weighted by Crippen LogP contribution is -2.57. The zero-order valence-corrected chi connectivity index (χ0v) is 21.6. The van der Waals surface area contributed by atoms with Gasteiger partial charge in [-0.15, -0.1) is 11.8 Å². The summed E-state index contributed by atoms with van der Waals surface area (Å²) < 4.78 is 10.0. The quantitative estimate of drug-likeness (QED) is 0.312. The molecule has 0 aromatic rings. The van der Waals surface area contributed by atoms with Gasteiger partial charge in [0.2, 0.25) is 11.8 Å². The van der Waals surface area contributed by atoms with Crippen LogP contribution in [-0.2, 0) is 23.9 Å². The molecule has 33 heavy (non-hydrogen) atoms. The van der Waals surface area contributed by atoms with Crippen molar-refractivity contribution in [3.8, 4) is 0 Å². The number of aliphatic hydroxyl groups excluding tert-OH is 1. The molecule has 0 aliphatic carbocycles. The van der Waals surface area contributed by atoms with E-state index in [1.165, 1.54) is 0 Å². The Bertz CT molecular complexity index is 764. The Hall–Kier alpha value is -0.880. The summed E-state index contributed by atoms with van der Waals surface area (Å²) in [7, 11) is 0. The zero-order chi connectivity index (χ0) is 23.8. The number of nitrogens with one attached hydrogen (secondary N) is 1. The first-order valence-electron chi connectivity index (χ1n) is 11.9. The molecule has 4 heterocycles. The summed E-state index contributed by atoms with van der Waals surface area (Å²) in [5, 5.41) is 13.0. The second-order valence-corrected chi connectivity index (χ2v) is 11.9. The Morgan fingerprint density at radius 1 is 1.36 bits per heavy atom. The molecule has 3 unspecified atom stereocenters. The number of morpholine rings is 1. The van der Waals surface area contributed by atoms with Gasteiger partial charge < -0.3 is 24.8 Å². The van der Waals surface area contributed by atoms with Crippen molar-refractivity contribution in [2.45, 2.75) is 53.6 Å². The molecule has 2 N–H and O–H groups in total. The van der Waals surface area contributed by atoms with Crippen LogP contribution in [0, 0.1) is 11.8 Å². The molecule has 2 amide bonds. The van der Waals surface area contributed by atoms with Crippen molar-refractivity contribution in [3.63, 3.8) is 0 Å². The van der Waals surface area contributed by atoms with Crippen LogP contribution in [0.3, 0.4) is 0 Å². The first kappa shape index (κ1) is 25.2. The number of rotatable bonds is 9. The molecule has 0 radical (unpaired) electrons. The van der Waals surface area contributed by atoms with Gasteiger partial charge in [-0.25, -0.2) is 0 Å².